The number of hydrogen-bond acceptors (Lipinski definition) is 6. The number of β-amino-alcohol motifs (C(OH)–C–C–N with tert-alkyl or cyclic N) is 1. The first-order valence-corrected chi connectivity index (χ1v) is 6.91. The van der Waals surface area contributed by atoms with Crippen LogP contribution in [0.25, 0.3) is 0 Å². The predicted molar refractivity (Wildman–Crippen MR) is 72.8 cm³/mol. The van der Waals surface area contributed by atoms with Crippen LogP contribution in [0.5, 0.6) is 0 Å². The van der Waals surface area contributed by atoms with E-state index in [1.807, 2.05) is 19.0 Å². The van der Waals surface area contributed by atoms with Crippen molar-refractivity contribution in [3.63, 3.8) is 0 Å². The Morgan fingerprint density at radius 2 is 2.39 bits per heavy atom. The van der Waals surface area contributed by atoms with E-state index in [2.05, 4.69) is 9.88 Å². The summed E-state index contributed by atoms with van der Waals surface area (Å²) in [6, 6.07) is 0.205. The fourth-order valence-corrected chi connectivity index (χ4v) is 3.36. The Labute approximate surface area is 115 Å². The minimum absolute atomic E-state index is 0.205. The summed E-state index contributed by atoms with van der Waals surface area (Å²) >= 11 is 7.16. The molecule has 1 aliphatic rings. The third kappa shape index (κ3) is 2.83. The van der Waals surface area contributed by atoms with Crippen LogP contribution in [0.1, 0.15) is 16.1 Å². The number of anilines is 1. The lowest BCUT2D eigenvalue weighted by Gasteiger charge is -2.26. The maximum absolute atomic E-state index is 10.8. The summed E-state index contributed by atoms with van der Waals surface area (Å²) in [5.74, 6) is 0. The fourth-order valence-electron chi connectivity index (χ4n) is 2.22. The van der Waals surface area contributed by atoms with Crippen molar-refractivity contribution in [3.05, 3.63) is 10.0 Å². The van der Waals surface area contributed by atoms with Gasteiger partial charge in [0.2, 0.25) is 0 Å². The molecule has 1 fully saturated rings. The van der Waals surface area contributed by atoms with E-state index in [-0.39, 0.29) is 17.3 Å². The molecule has 5 nitrogen and oxygen atoms in total. The van der Waals surface area contributed by atoms with Gasteiger partial charge in [0.25, 0.3) is 0 Å². The Balaban J connectivity index is 2.21. The SMILES string of the molecule is CN(C)CC1CC(O)CN1c1nc(Cl)c(C=O)s1. The predicted octanol–water partition coefficient (Wildman–Crippen LogP) is 1.11. The van der Waals surface area contributed by atoms with Crippen LogP contribution in [0.3, 0.4) is 0 Å². The molecule has 2 heterocycles. The topological polar surface area (TPSA) is 56.7 Å². The molecule has 1 saturated heterocycles. The Morgan fingerprint density at radius 3 is 2.94 bits per heavy atom. The second kappa shape index (κ2) is 5.52. The Hall–Kier alpha value is -0.690. The molecule has 0 spiro atoms. The van der Waals surface area contributed by atoms with Crippen molar-refractivity contribution in [3.8, 4) is 0 Å². The van der Waals surface area contributed by atoms with Gasteiger partial charge in [0.05, 0.1) is 6.10 Å². The number of nitrogens with zero attached hydrogens (tertiary/aromatic N) is 3. The van der Waals surface area contributed by atoms with Gasteiger partial charge in [0, 0.05) is 19.1 Å². The number of carbonyl (C=O) groups is 1. The lowest BCUT2D eigenvalue weighted by atomic mass is 10.2. The zero-order valence-corrected chi connectivity index (χ0v) is 11.9. The average Bonchev–Trinajstić information content (AvgIpc) is 2.81. The van der Waals surface area contributed by atoms with Crippen LogP contribution in [0.2, 0.25) is 5.15 Å². The second-order valence-electron chi connectivity index (χ2n) is 4.73. The maximum atomic E-state index is 10.8. The molecule has 18 heavy (non-hydrogen) atoms. The number of aliphatic hydroxyl groups excluding tert-OH is 1. The van der Waals surface area contributed by atoms with Gasteiger partial charge in [-0.05, 0) is 20.5 Å². The lowest BCUT2D eigenvalue weighted by Crippen LogP contribution is -2.37. The molecule has 0 bridgehead atoms. The third-order valence-electron chi connectivity index (χ3n) is 2.92. The monoisotopic (exact) mass is 289 g/mol. The molecule has 2 atom stereocenters. The van der Waals surface area contributed by atoms with Crippen molar-refractivity contribution in [1.82, 2.24) is 9.88 Å². The van der Waals surface area contributed by atoms with E-state index in [1.54, 1.807) is 0 Å². The molecule has 1 aliphatic heterocycles. The van der Waals surface area contributed by atoms with Crippen molar-refractivity contribution < 1.29 is 9.90 Å². The molecule has 1 N–H and O–H groups in total. The van der Waals surface area contributed by atoms with Crippen LogP contribution < -0.4 is 4.90 Å². The van der Waals surface area contributed by atoms with E-state index in [0.29, 0.717) is 23.0 Å². The van der Waals surface area contributed by atoms with Gasteiger partial charge in [-0.25, -0.2) is 4.98 Å². The highest BCUT2D eigenvalue weighted by atomic mass is 35.5. The van der Waals surface area contributed by atoms with Gasteiger partial charge in [0.1, 0.15) is 4.88 Å². The number of carbonyl (C=O) groups excluding carboxylic acids is 1. The Kier molecular flexibility index (Phi) is 4.21. The van der Waals surface area contributed by atoms with Gasteiger partial charge in [-0.3, -0.25) is 4.79 Å². The molecule has 0 aliphatic carbocycles. The largest absolute Gasteiger partial charge is 0.391 e. The van der Waals surface area contributed by atoms with E-state index in [1.165, 1.54) is 11.3 Å². The number of aromatic nitrogens is 1. The second-order valence-corrected chi connectivity index (χ2v) is 6.09. The van der Waals surface area contributed by atoms with Crippen molar-refractivity contribution in [1.29, 1.82) is 0 Å². The zero-order chi connectivity index (χ0) is 13.3. The molecule has 0 amide bonds. The number of thiazole rings is 1. The summed E-state index contributed by atoms with van der Waals surface area (Å²) in [5, 5.41) is 10.8. The molecule has 1 aromatic heterocycles. The first kappa shape index (κ1) is 13.7. The van der Waals surface area contributed by atoms with Gasteiger partial charge in [-0.2, -0.15) is 0 Å². The highest BCUT2D eigenvalue weighted by Crippen LogP contribution is 2.33. The molecule has 2 rings (SSSR count). The standard InChI is InChI=1S/C11H16ClN3O2S/c1-14(2)4-7-3-8(17)5-15(7)11-13-10(12)9(6-16)18-11/h6-8,17H,3-5H2,1-2H3. The zero-order valence-electron chi connectivity index (χ0n) is 10.3. The normalized spacial score (nSPS) is 23.9. The Bertz CT molecular complexity index is 438. The average molecular weight is 290 g/mol. The highest BCUT2D eigenvalue weighted by molar-refractivity contribution is 7.17. The highest BCUT2D eigenvalue weighted by Gasteiger charge is 2.33. The minimum atomic E-state index is -0.350. The van der Waals surface area contributed by atoms with Crippen LogP contribution in [-0.4, -0.2) is 60.6 Å². The quantitative estimate of drug-likeness (QED) is 0.842. The summed E-state index contributed by atoms with van der Waals surface area (Å²) in [7, 11) is 3.99. The summed E-state index contributed by atoms with van der Waals surface area (Å²) in [6.07, 6.45) is 1.08. The molecule has 0 aromatic carbocycles. The molecule has 1 aromatic rings. The van der Waals surface area contributed by atoms with Crippen LogP contribution >= 0.6 is 22.9 Å². The number of aldehydes is 1. The number of hydrogen-bond donors (Lipinski definition) is 1. The number of likely N-dealkylation sites (N-methyl/N-ethyl adjacent to an activating group) is 1. The van der Waals surface area contributed by atoms with Gasteiger partial charge in [-0.1, -0.05) is 22.9 Å². The maximum Gasteiger partial charge on any atom is 0.187 e. The first-order valence-electron chi connectivity index (χ1n) is 5.72. The van der Waals surface area contributed by atoms with Crippen LogP contribution in [0.4, 0.5) is 5.13 Å². The van der Waals surface area contributed by atoms with Crippen molar-refractivity contribution in [2.24, 2.45) is 0 Å². The van der Waals surface area contributed by atoms with E-state index in [0.717, 1.165) is 12.8 Å². The summed E-state index contributed by atoms with van der Waals surface area (Å²) in [5.41, 5.74) is 0. The molecule has 2 unspecified atom stereocenters. The fraction of sp³-hybridized carbons (Fsp3) is 0.636. The van der Waals surface area contributed by atoms with Gasteiger partial charge in [0.15, 0.2) is 16.6 Å². The molecule has 0 saturated carbocycles. The summed E-state index contributed by atoms with van der Waals surface area (Å²) < 4.78 is 0. The molecule has 7 heteroatoms. The van der Waals surface area contributed by atoms with Crippen LogP contribution in [-0.2, 0) is 0 Å². The summed E-state index contributed by atoms with van der Waals surface area (Å²) in [4.78, 5) is 19.5. The van der Waals surface area contributed by atoms with Crippen molar-refractivity contribution >= 4 is 34.4 Å². The summed E-state index contributed by atoms with van der Waals surface area (Å²) in [6.45, 7) is 1.38. The van der Waals surface area contributed by atoms with E-state index in [9.17, 15) is 9.90 Å². The lowest BCUT2D eigenvalue weighted by molar-refractivity contribution is 0.112. The van der Waals surface area contributed by atoms with Gasteiger partial charge >= 0.3 is 0 Å². The van der Waals surface area contributed by atoms with E-state index in [4.69, 9.17) is 11.6 Å². The number of aliphatic hydroxyl groups is 1. The van der Waals surface area contributed by atoms with E-state index < -0.39 is 0 Å². The molecular formula is C11H16ClN3O2S. The number of halogens is 1. The van der Waals surface area contributed by atoms with Crippen molar-refractivity contribution in [2.75, 3.05) is 32.1 Å². The Morgan fingerprint density at radius 1 is 1.67 bits per heavy atom. The van der Waals surface area contributed by atoms with Gasteiger partial charge < -0.3 is 14.9 Å². The van der Waals surface area contributed by atoms with E-state index >= 15 is 0 Å². The molecular weight excluding hydrogens is 274 g/mol. The first-order chi connectivity index (χ1) is 8.51. The van der Waals surface area contributed by atoms with Gasteiger partial charge in [-0.15, -0.1) is 0 Å². The third-order valence-corrected chi connectivity index (χ3v) is 4.34. The number of rotatable bonds is 4. The van der Waals surface area contributed by atoms with Crippen LogP contribution in [0.15, 0.2) is 0 Å². The minimum Gasteiger partial charge on any atom is -0.391 e. The molecule has 0 radical (unpaired) electrons. The van der Waals surface area contributed by atoms with Crippen molar-refractivity contribution in [2.45, 2.75) is 18.6 Å². The van der Waals surface area contributed by atoms with Crippen LogP contribution in [0, 0.1) is 0 Å². The smallest absolute Gasteiger partial charge is 0.187 e. The molecule has 100 valence electrons.